The van der Waals surface area contributed by atoms with Gasteiger partial charge in [0.05, 0.1) is 30.3 Å². The van der Waals surface area contributed by atoms with Crippen LogP contribution >= 0.6 is 15.9 Å². The van der Waals surface area contributed by atoms with Crippen LogP contribution in [-0.2, 0) is 22.4 Å². The smallest absolute Gasteiger partial charge is 0.347 e. The third-order valence-electron chi connectivity index (χ3n) is 5.25. The highest BCUT2D eigenvalue weighted by Gasteiger charge is 2.21. The van der Waals surface area contributed by atoms with Crippen LogP contribution in [0.5, 0.6) is 11.5 Å². The molecule has 1 heterocycles. The standard InChI is InChI=1S/C27H30BrN3O5/c1-6-10-19-13-18(14-23(34-8-3)25(19)36-17(5)27(33)35-9-4)16-29-31-24(7-2)30-22-12-11-20(28)15-21(22)26(31)32/h6,11-17H,1,7-10H2,2-5H3/t17-/m0/s1. The van der Waals surface area contributed by atoms with Crippen LogP contribution in [0, 0.1) is 0 Å². The number of benzene rings is 2. The summed E-state index contributed by atoms with van der Waals surface area (Å²) in [4.78, 5) is 30.0. The molecule has 0 fully saturated rings. The zero-order valence-corrected chi connectivity index (χ0v) is 22.5. The molecule has 1 aromatic heterocycles. The average Bonchev–Trinajstić information content (AvgIpc) is 2.85. The lowest BCUT2D eigenvalue weighted by atomic mass is 10.1. The van der Waals surface area contributed by atoms with Gasteiger partial charge >= 0.3 is 5.97 Å². The lowest BCUT2D eigenvalue weighted by Gasteiger charge is -2.20. The van der Waals surface area contributed by atoms with Crippen LogP contribution in [0.4, 0.5) is 0 Å². The van der Waals surface area contributed by atoms with E-state index in [-0.39, 0.29) is 12.2 Å². The van der Waals surface area contributed by atoms with Crippen LogP contribution in [-0.4, -0.2) is 41.2 Å². The zero-order chi connectivity index (χ0) is 26.2. The molecule has 8 nitrogen and oxygen atoms in total. The second-order valence-electron chi connectivity index (χ2n) is 7.85. The van der Waals surface area contributed by atoms with Crippen molar-refractivity contribution in [2.45, 2.75) is 46.6 Å². The van der Waals surface area contributed by atoms with Gasteiger partial charge in [0.25, 0.3) is 5.56 Å². The second kappa shape index (κ2) is 12.5. The highest BCUT2D eigenvalue weighted by Crippen LogP contribution is 2.34. The number of rotatable bonds is 11. The first-order chi connectivity index (χ1) is 17.3. The van der Waals surface area contributed by atoms with Gasteiger partial charge in [0.1, 0.15) is 5.82 Å². The van der Waals surface area contributed by atoms with Crippen LogP contribution in [0.15, 0.2) is 57.4 Å². The molecule has 0 aliphatic heterocycles. The van der Waals surface area contributed by atoms with E-state index in [0.29, 0.717) is 53.2 Å². The predicted molar refractivity (Wildman–Crippen MR) is 144 cm³/mol. The summed E-state index contributed by atoms with van der Waals surface area (Å²) in [6.45, 7) is 11.6. The number of fused-ring (bicyclic) bond motifs is 1. The number of aryl methyl sites for hydroxylation is 1. The Morgan fingerprint density at radius 2 is 2.00 bits per heavy atom. The Morgan fingerprint density at radius 1 is 1.22 bits per heavy atom. The van der Waals surface area contributed by atoms with Crippen LogP contribution in [0.3, 0.4) is 0 Å². The summed E-state index contributed by atoms with van der Waals surface area (Å²) >= 11 is 3.41. The van der Waals surface area contributed by atoms with Gasteiger partial charge in [-0.25, -0.2) is 9.78 Å². The predicted octanol–water partition coefficient (Wildman–Crippen LogP) is 5.06. The Labute approximate surface area is 218 Å². The molecule has 0 radical (unpaired) electrons. The molecule has 0 N–H and O–H groups in total. The summed E-state index contributed by atoms with van der Waals surface area (Å²) in [5, 5.41) is 4.95. The van der Waals surface area contributed by atoms with Gasteiger partial charge in [-0.15, -0.1) is 6.58 Å². The number of esters is 1. The van der Waals surface area contributed by atoms with Crippen molar-refractivity contribution in [3.8, 4) is 11.5 Å². The van der Waals surface area contributed by atoms with Crippen molar-refractivity contribution in [3.05, 3.63) is 74.8 Å². The van der Waals surface area contributed by atoms with E-state index in [1.165, 1.54) is 4.68 Å². The lowest BCUT2D eigenvalue weighted by molar-refractivity contribution is -0.150. The fourth-order valence-electron chi connectivity index (χ4n) is 3.61. The molecular weight excluding hydrogens is 526 g/mol. The first-order valence-electron chi connectivity index (χ1n) is 11.8. The summed E-state index contributed by atoms with van der Waals surface area (Å²) in [6, 6.07) is 9.02. The zero-order valence-electron chi connectivity index (χ0n) is 20.9. The van der Waals surface area contributed by atoms with Crippen molar-refractivity contribution in [1.29, 1.82) is 0 Å². The molecule has 190 valence electrons. The van der Waals surface area contributed by atoms with Gasteiger partial charge < -0.3 is 14.2 Å². The van der Waals surface area contributed by atoms with Crippen molar-refractivity contribution in [2.24, 2.45) is 5.10 Å². The molecule has 0 spiro atoms. The Hall–Kier alpha value is -3.46. The van der Waals surface area contributed by atoms with Gasteiger partial charge in [-0.3, -0.25) is 4.79 Å². The Kier molecular flexibility index (Phi) is 9.41. The molecular formula is C27H30BrN3O5. The third-order valence-corrected chi connectivity index (χ3v) is 5.74. The summed E-state index contributed by atoms with van der Waals surface area (Å²) in [7, 11) is 0. The van der Waals surface area contributed by atoms with Crippen molar-refractivity contribution in [2.75, 3.05) is 13.2 Å². The number of aromatic nitrogens is 2. The average molecular weight is 556 g/mol. The monoisotopic (exact) mass is 555 g/mol. The van der Waals surface area contributed by atoms with Gasteiger partial charge in [-0.1, -0.05) is 28.9 Å². The Bertz CT molecular complexity index is 1350. The fourth-order valence-corrected chi connectivity index (χ4v) is 3.97. The topological polar surface area (TPSA) is 92.0 Å². The van der Waals surface area contributed by atoms with E-state index in [4.69, 9.17) is 14.2 Å². The minimum absolute atomic E-state index is 0.256. The van der Waals surface area contributed by atoms with E-state index in [0.717, 1.165) is 10.0 Å². The van der Waals surface area contributed by atoms with Crippen molar-refractivity contribution >= 4 is 39.0 Å². The summed E-state index contributed by atoms with van der Waals surface area (Å²) in [6.07, 6.45) is 3.50. The molecule has 0 amide bonds. The van der Waals surface area contributed by atoms with E-state index in [9.17, 15) is 9.59 Å². The molecule has 0 unspecified atom stereocenters. The molecule has 1 atom stereocenters. The fraction of sp³-hybridized carbons (Fsp3) is 0.333. The molecule has 0 aliphatic rings. The number of hydrogen-bond acceptors (Lipinski definition) is 7. The van der Waals surface area contributed by atoms with Crippen LogP contribution < -0.4 is 15.0 Å². The van der Waals surface area contributed by atoms with Gasteiger partial charge in [0, 0.05) is 16.5 Å². The van der Waals surface area contributed by atoms with E-state index < -0.39 is 12.1 Å². The maximum Gasteiger partial charge on any atom is 0.347 e. The number of carbonyl (C=O) groups is 1. The van der Waals surface area contributed by atoms with Gasteiger partial charge in [0.15, 0.2) is 17.6 Å². The normalized spacial score (nSPS) is 12.0. The van der Waals surface area contributed by atoms with Crippen LogP contribution in [0.2, 0.25) is 0 Å². The van der Waals surface area contributed by atoms with E-state index in [2.05, 4.69) is 32.6 Å². The van der Waals surface area contributed by atoms with E-state index in [1.54, 1.807) is 44.3 Å². The number of ether oxygens (including phenoxy) is 3. The first kappa shape index (κ1) is 27.1. The SMILES string of the molecule is C=CCc1cc(C=Nn2c(CC)nc3ccc(Br)cc3c2=O)cc(OCC)c1O[C@@H](C)C(=O)OCC. The second-order valence-corrected chi connectivity index (χ2v) is 8.77. The first-order valence-corrected chi connectivity index (χ1v) is 12.6. The molecule has 9 heteroatoms. The van der Waals surface area contributed by atoms with Crippen molar-refractivity contribution in [1.82, 2.24) is 9.66 Å². The van der Waals surface area contributed by atoms with Crippen molar-refractivity contribution < 1.29 is 19.0 Å². The molecule has 0 bridgehead atoms. The Morgan fingerprint density at radius 3 is 2.67 bits per heavy atom. The molecule has 0 saturated carbocycles. The molecule has 2 aromatic carbocycles. The van der Waals surface area contributed by atoms with Gasteiger partial charge in [0.2, 0.25) is 0 Å². The largest absolute Gasteiger partial charge is 0.490 e. The minimum atomic E-state index is -0.819. The summed E-state index contributed by atoms with van der Waals surface area (Å²) in [5.74, 6) is 0.985. The summed E-state index contributed by atoms with van der Waals surface area (Å²) in [5.41, 5.74) is 1.82. The highest BCUT2D eigenvalue weighted by atomic mass is 79.9. The number of hydrogen-bond donors (Lipinski definition) is 0. The molecule has 0 aliphatic carbocycles. The number of nitrogens with zero attached hydrogens (tertiary/aromatic N) is 3. The van der Waals surface area contributed by atoms with Crippen molar-refractivity contribution in [3.63, 3.8) is 0 Å². The molecule has 3 rings (SSSR count). The van der Waals surface area contributed by atoms with E-state index in [1.807, 2.05) is 26.0 Å². The number of carbonyl (C=O) groups excluding carboxylic acids is 1. The highest BCUT2D eigenvalue weighted by molar-refractivity contribution is 9.10. The van der Waals surface area contributed by atoms with Crippen LogP contribution in [0.1, 0.15) is 44.6 Å². The molecule has 36 heavy (non-hydrogen) atoms. The third kappa shape index (κ3) is 6.20. The summed E-state index contributed by atoms with van der Waals surface area (Å²) < 4.78 is 19.0. The maximum atomic E-state index is 13.2. The van der Waals surface area contributed by atoms with Crippen LogP contribution in [0.25, 0.3) is 10.9 Å². The maximum absolute atomic E-state index is 13.2. The van der Waals surface area contributed by atoms with E-state index >= 15 is 0 Å². The number of allylic oxidation sites excluding steroid dienone is 1. The Balaban J connectivity index is 2.08. The quantitative estimate of drug-likeness (QED) is 0.186. The van der Waals surface area contributed by atoms with Gasteiger partial charge in [-0.2, -0.15) is 9.78 Å². The number of halogens is 1. The molecule has 3 aromatic rings. The minimum Gasteiger partial charge on any atom is -0.490 e. The lowest BCUT2D eigenvalue weighted by Crippen LogP contribution is -2.26. The van der Waals surface area contributed by atoms with Gasteiger partial charge in [-0.05, 0) is 63.1 Å². The molecule has 0 saturated heterocycles.